The summed E-state index contributed by atoms with van der Waals surface area (Å²) >= 11 is 0. The average molecular weight is 285 g/mol. The Morgan fingerprint density at radius 1 is 1.24 bits per heavy atom. The van der Waals surface area contributed by atoms with E-state index in [1.54, 1.807) is 18.2 Å². The molecular weight excluding hydrogens is 269 g/mol. The van der Waals surface area contributed by atoms with E-state index in [4.69, 9.17) is 10.00 Å². The second kappa shape index (κ2) is 5.94. The van der Waals surface area contributed by atoms with Crippen LogP contribution in [-0.4, -0.2) is 5.11 Å². The van der Waals surface area contributed by atoms with Crippen molar-refractivity contribution in [2.45, 2.75) is 26.9 Å². The summed E-state index contributed by atoms with van der Waals surface area (Å²) in [6.45, 7) is 5.14. The smallest absolute Gasteiger partial charge is 0.136 e. The minimum absolute atomic E-state index is 0.126. The van der Waals surface area contributed by atoms with Gasteiger partial charge in [0, 0.05) is 0 Å². The molecule has 4 heteroatoms. The lowest BCUT2D eigenvalue weighted by Gasteiger charge is -2.17. The third kappa shape index (κ3) is 3.04. The summed E-state index contributed by atoms with van der Waals surface area (Å²) in [5, 5.41) is 18.7. The largest absolute Gasteiger partial charge is 0.456 e. The van der Waals surface area contributed by atoms with Crippen LogP contribution < -0.4 is 4.74 Å². The van der Waals surface area contributed by atoms with Gasteiger partial charge in [0.2, 0.25) is 0 Å². The van der Waals surface area contributed by atoms with Gasteiger partial charge in [-0.25, -0.2) is 4.39 Å². The van der Waals surface area contributed by atoms with Gasteiger partial charge >= 0.3 is 0 Å². The highest BCUT2D eigenvalue weighted by Gasteiger charge is 2.17. The van der Waals surface area contributed by atoms with Gasteiger partial charge in [0.1, 0.15) is 17.3 Å². The maximum absolute atomic E-state index is 13.8. The predicted octanol–water partition coefficient (Wildman–Crippen LogP) is 4.16. The Balaban J connectivity index is 2.49. The standard InChI is InChI=1S/C17H16FNO2/c1-10-7-13(9-19)8-11(2)17(10)21-15-6-4-5-14(18)16(15)12(3)20/h4-8,12,20H,1-3H3. The summed E-state index contributed by atoms with van der Waals surface area (Å²) in [5.74, 6) is 0.342. The molecule has 0 saturated heterocycles. The maximum Gasteiger partial charge on any atom is 0.136 e. The van der Waals surface area contributed by atoms with Crippen molar-refractivity contribution < 1.29 is 14.2 Å². The minimum atomic E-state index is -0.972. The molecule has 0 aliphatic rings. The van der Waals surface area contributed by atoms with E-state index in [0.29, 0.717) is 11.3 Å². The van der Waals surface area contributed by atoms with Crippen molar-refractivity contribution in [1.29, 1.82) is 5.26 Å². The number of aryl methyl sites for hydroxylation is 2. The highest BCUT2D eigenvalue weighted by Crippen LogP contribution is 2.35. The number of hydrogen-bond donors (Lipinski definition) is 1. The molecule has 21 heavy (non-hydrogen) atoms. The van der Waals surface area contributed by atoms with Crippen LogP contribution in [0, 0.1) is 31.0 Å². The Labute approximate surface area is 123 Å². The number of hydrogen-bond acceptors (Lipinski definition) is 3. The molecule has 0 aliphatic carbocycles. The zero-order valence-electron chi connectivity index (χ0n) is 12.1. The van der Waals surface area contributed by atoms with Gasteiger partial charge in [-0.3, -0.25) is 0 Å². The number of ether oxygens (including phenoxy) is 1. The normalized spacial score (nSPS) is 11.8. The van der Waals surface area contributed by atoms with Gasteiger partial charge in [0.15, 0.2) is 0 Å². The fourth-order valence-electron chi connectivity index (χ4n) is 2.30. The van der Waals surface area contributed by atoms with Crippen LogP contribution in [0.15, 0.2) is 30.3 Å². The van der Waals surface area contributed by atoms with Crippen molar-refractivity contribution in [3.8, 4) is 17.6 Å². The average Bonchev–Trinajstić information content (AvgIpc) is 2.42. The van der Waals surface area contributed by atoms with E-state index < -0.39 is 11.9 Å². The van der Waals surface area contributed by atoms with E-state index in [1.807, 2.05) is 13.8 Å². The molecule has 0 heterocycles. The zero-order chi connectivity index (χ0) is 15.6. The van der Waals surface area contributed by atoms with Crippen LogP contribution in [0.1, 0.15) is 35.3 Å². The minimum Gasteiger partial charge on any atom is -0.456 e. The predicted molar refractivity (Wildman–Crippen MR) is 77.7 cm³/mol. The van der Waals surface area contributed by atoms with Gasteiger partial charge < -0.3 is 9.84 Å². The van der Waals surface area contributed by atoms with Gasteiger partial charge in [-0.1, -0.05) is 6.07 Å². The molecule has 2 aromatic rings. The summed E-state index contributed by atoms with van der Waals surface area (Å²) in [7, 11) is 0. The molecule has 0 amide bonds. The van der Waals surface area contributed by atoms with Crippen molar-refractivity contribution in [2.75, 3.05) is 0 Å². The van der Waals surface area contributed by atoms with Crippen LogP contribution in [0.2, 0.25) is 0 Å². The van der Waals surface area contributed by atoms with Gasteiger partial charge in [-0.05, 0) is 56.2 Å². The molecule has 0 fully saturated rings. The van der Waals surface area contributed by atoms with Crippen molar-refractivity contribution in [1.82, 2.24) is 0 Å². The quantitative estimate of drug-likeness (QED) is 0.921. The van der Waals surface area contributed by atoms with E-state index in [2.05, 4.69) is 6.07 Å². The monoisotopic (exact) mass is 285 g/mol. The summed E-state index contributed by atoms with van der Waals surface area (Å²) in [6.07, 6.45) is -0.972. The first-order valence-corrected chi connectivity index (χ1v) is 6.59. The molecule has 1 unspecified atom stereocenters. The van der Waals surface area contributed by atoms with E-state index in [-0.39, 0.29) is 11.3 Å². The molecule has 3 nitrogen and oxygen atoms in total. The number of nitrogens with zero attached hydrogens (tertiary/aromatic N) is 1. The molecule has 2 aromatic carbocycles. The number of aliphatic hydroxyl groups excluding tert-OH is 1. The summed E-state index contributed by atoms with van der Waals surface area (Å²) in [4.78, 5) is 0. The highest BCUT2D eigenvalue weighted by atomic mass is 19.1. The lowest BCUT2D eigenvalue weighted by Crippen LogP contribution is -2.01. The van der Waals surface area contributed by atoms with Crippen LogP contribution in [0.3, 0.4) is 0 Å². The third-order valence-corrected chi connectivity index (χ3v) is 3.23. The number of rotatable bonds is 3. The first-order valence-electron chi connectivity index (χ1n) is 6.59. The first kappa shape index (κ1) is 15.0. The number of benzene rings is 2. The second-order valence-corrected chi connectivity index (χ2v) is 4.98. The van der Waals surface area contributed by atoms with Crippen molar-refractivity contribution in [2.24, 2.45) is 0 Å². The molecule has 0 spiro atoms. The molecule has 1 atom stereocenters. The first-order chi connectivity index (χ1) is 9.93. The van der Waals surface area contributed by atoms with Crippen LogP contribution in [0.25, 0.3) is 0 Å². The Hall–Kier alpha value is -2.38. The lowest BCUT2D eigenvalue weighted by molar-refractivity contribution is 0.190. The molecule has 0 bridgehead atoms. The van der Waals surface area contributed by atoms with Crippen LogP contribution >= 0.6 is 0 Å². The van der Waals surface area contributed by atoms with Crippen LogP contribution in [-0.2, 0) is 0 Å². The lowest BCUT2D eigenvalue weighted by atomic mass is 10.1. The molecule has 0 aliphatic heterocycles. The van der Waals surface area contributed by atoms with Gasteiger partial charge in [0.25, 0.3) is 0 Å². The van der Waals surface area contributed by atoms with Gasteiger partial charge in [-0.2, -0.15) is 5.26 Å². The third-order valence-electron chi connectivity index (χ3n) is 3.23. The summed E-state index contributed by atoms with van der Waals surface area (Å²) in [5.41, 5.74) is 2.24. The number of halogens is 1. The molecule has 2 rings (SSSR count). The highest BCUT2D eigenvalue weighted by molar-refractivity contribution is 5.50. The maximum atomic E-state index is 13.8. The zero-order valence-corrected chi connectivity index (χ0v) is 12.1. The Morgan fingerprint density at radius 2 is 1.86 bits per heavy atom. The van der Waals surface area contributed by atoms with Crippen molar-refractivity contribution in [3.05, 3.63) is 58.4 Å². The summed E-state index contributed by atoms with van der Waals surface area (Å²) < 4.78 is 19.6. The Morgan fingerprint density at radius 3 is 2.38 bits per heavy atom. The molecule has 0 saturated carbocycles. The second-order valence-electron chi connectivity index (χ2n) is 4.98. The summed E-state index contributed by atoms with van der Waals surface area (Å²) in [6, 6.07) is 9.94. The molecule has 0 radical (unpaired) electrons. The SMILES string of the molecule is Cc1cc(C#N)cc(C)c1Oc1cccc(F)c1C(C)O. The fraction of sp³-hybridized carbons (Fsp3) is 0.235. The van der Waals surface area contributed by atoms with Crippen molar-refractivity contribution >= 4 is 0 Å². The van der Waals surface area contributed by atoms with Crippen LogP contribution in [0.5, 0.6) is 11.5 Å². The van der Waals surface area contributed by atoms with E-state index in [1.165, 1.54) is 19.1 Å². The van der Waals surface area contributed by atoms with Gasteiger partial charge in [-0.15, -0.1) is 0 Å². The molecule has 0 aromatic heterocycles. The van der Waals surface area contributed by atoms with Crippen molar-refractivity contribution in [3.63, 3.8) is 0 Å². The number of aliphatic hydroxyl groups is 1. The number of nitriles is 1. The van der Waals surface area contributed by atoms with E-state index in [0.717, 1.165) is 11.1 Å². The Bertz CT molecular complexity index is 694. The Kier molecular flexibility index (Phi) is 4.25. The van der Waals surface area contributed by atoms with E-state index >= 15 is 0 Å². The molecule has 1 N–H and O–H groups in total. The topological polar surface area (TPSA) is 53.2 Å². The molecular formula is C17H16FNO2. The molecule has 108 valence electrons. The fourth-order valence-corrected chi connectivity index (χ4v) is 2.30. The van der Waals surface area contributed by atoms with Crippen LogP contribution in [0.4, 0.5) is 4.39 Å². The van der Waals surface area contributed by atoms with Gasteiger partial charge in [0.05, 0.1) is 23.3 Å². The van der Waals surface area contributed by atoms with E-state index in [9.17, 15) is 9.50 Å².